The standard InChI is InChI=1S/C32H33N3O/c1-6-9-26(10-7-2)33-27-18-20-29(21-19-27)35-32(36)25-14-16-28(17-15-25)34-31(11-8-3)30-22-23(4)12-13-24(30)5/h6-22,33-34H,1,5H2,2-4H3,(H,35,36)/b10-7-,11-8-,26-9+,31-30+. The second kappa shape index (κ2) is 12.8. The molecule has 0 unspecified atom stereocenters. The lowest BCUT2D eigenvalue weighted by Gasteiger charge is -2.11. The van der Waals surface area contributed by atoms with Crippen LogP contribution in [0.2, 0.25) is 0 Å². The summed E-state index contributed by atoms with van der Waals surface area (Å²) >= 11 is 0. The SMILES string of the molecule is C=C/C=C(\C=C/C)Nc1ccc(NC(=O)c2ccc(NC(/C=C\C)=c3\cc(C)ccc3=C)cc2)cc1. The van der Waals surface area contributed by atoms with Crippen LogP contribution in [-0.2, 0) is 0 Å². The average Bonchev–Trinajstić information content (AvgIpc) is 2.87. The first-order valence-corrected chi connectivity index (χ1v) is 11.9. The summed E-state index contributed by atoms with van der Waals surface area (Å²) in [5.74, 6) is -0.167. The zero-order chi connectivity index (χ0) is 25.9. The molecule has 182 valence electrons. The topological polar surface area (TPSA) is 53.2 Å². The van der Waals surface area contributed by atoms with Gasteiger partial charge in [-0.2, -0.15) is 0 Å². The Morgan fingerprint density at radius 2 is 1.36 bits per heavy atom. The van der Waals surface area contributed by atoms with Gasteiger partial charge in [-0.15, -0.1) is 0 Å². The number of hydrogen-bond acceptors (Lipinski definition) is 3. The molecule has 0 radical (unpaired) electrons. The van der Waals surface area contributed by atoms with E-state index in [0.717, 1.165) is 38.9 Å². The van der Waals surface area contributed by atoms with Gasteiger partial charge >= 0.3 is 0 Å². The maximum Gasteiger partial charge on any atom is 0.255 e. The van der Waals surface area contributed by atoms with Crippen molar-refractivity contribution in [3.8, 4) is 0 Å². The van der Waals surface area contributed by atoms with Gasteiger partial charge in [-0.3, -0.25) is 4.79 Å². The molecule has 0 aliphatic carbocycles. The second-order valence-corrected chi connectivity index (χ2v) is 8.29. The van der Waals surface area contributed by atoms with E-state index in [-0.39, 0.29) is 5.91 Å². The Bertz CT molecular complexity index is 1410. The van der Waals surface area contributed by atoms with E-state index in [1.807, 2.05) is 98.8 Å². The minimum atomic E-state index is -0.167. The molecule has 36 heavy (non-hydrogen) atoms. The lowest BCUT2D eigenvalue weighted by molar-refractivity contribution is 0.102. The van der Waals surface area contributed by atoms with Gasteiger partial charge in [0.2, 0.25) is 0 Å². The van der Waals surface area contributed by atoms with Gasteiger partial charge in [0, 0.05) is 39.2 Å². The molecular formula is C32H33N3O. The summed E-state index contributed by atoms with van der Waals surface area (Å²) in [6, 6.07) is 21.2. The smallest absolute Gasteiger partial charge is 0.255 e. The fourth-order valence-corrected chi connectivity index (χ4v) is 3.62. The minimum absolute atomic E-state index is 0.167. The van der Waals surface area contributed by atoms with Crippen LogP contribution >= 0.6 is 0 Å². The van der Waals surface area contributed by atoms with Crippen molar-refractivity contribution in [1.82, 2.24) is 0 Å². The molecule has 0 saturated heterocycles. The van der Waals surface area contributed by atoms with Crippen LogP contribution in [0.5, 0.6) is 0 Å². The van der Waals surface area contributed by atoms with Crippen molar-refractivity contribution in [2.75, 3.05) is 16.0 Å². The fraction of sp³-hybridized carbons (Fsp3) is 0.0938. The molecule has 0 fully saturated rings. The van der Waals surface area contributed by atoms with Crippen molar-refractivity contribution in [2.24, 2.45) is 0 Å². The maximum atomic E-state index is 12.8. The third-order valence-electron chi connectivity index (χ3n) is 5.39. The molecule has 0 atom stereocenters. The van der Waals surface area contributed by atoms with Crippen LogP contribution < -0.4 is 26.4 Å². The second-order valence-electron chi connectivity index (χ2n) is 8.29. The molecular weight excluding hydrogens is 442 g/mol. The molecule has 0 saturated carbocycles. The molecule has 0 aromatic heterocycles. The zero-order valence-corrected chi connectivity index (χ0v) is 21.1. The molecule has 3 rings (SSSR count). The molecule has 0 aliphatic heterocycles. The number of benzene rings is 3. The number of aryl methyl sites for hydroxylation is 1. The van der Waals surface area contributed by atoms with Crippen LogP contribution in [0.15, 0.2) is 115 Å². The van der Waals surface area contributed by atoms with Gasteiger partial charge in [-0.25, -0.2) is 0 Å². The molecule has 0 spiro atoms. The van der Waals surface area contributed by atoms with Crippen LogP contribution in [0, 0.1) is 6.92 Å². The molecule has 3 N–H and O–H groups in total. The number of anilines is 3. The third kappa shape index (κ3) is 7.21. The Balaban J connectivity index is 1.71. The third-order valence-corrected chi connectivity index (χ3v) is 5.39. The summed E-state index contributed by atoms with van der Waals surface area (Å²) < 4.78 is 0. The Labute approximate surface area is 213 Å². The monoisotopic (exact) mass is 475 g/mol. The normalized spacial score (nSPS) is 12.5. The molecule has 0 aliphatic rings. The number of rotatable bonds is 9. The van der Waals surface area contributed by atoms with Crippen LogP contribution in [0.4, 0.5) is 17.1 Å². The van der Waals surface area contributed by atoms with Crippen LogP contribution in [0.1, 0.15) is 29.8 Å². The van der Waals surface area contributed by atoms with Gasteiger partial charge in [0.15, 0.2) is 0 Å². The fourth-order valence-electron chi connectivity index (χ4n) is 3.62. The molecule has 3 aromatic rings. The number of nitrogens with one attached hydrogen (secondary N) is 3. The van der Waals surface area contributed by atoms with Crippen molar-refractivity contribution in [1.29, 1.82) is 0 Å². The van der Waals surface area contributed by atoms with E-state index in [4.69, 9.17) is 0 Å². The first-order valence-electron chi connectivity index (χ1n) is 11.9. The van der Waals surface area contributed by atoms with Crippen LogP contribution in [-0.4, -0.2) is 5.91 Å². The number of amides is 1. The minimum Gasteiger partial charge on any atom is -0.356 e. The molecule has 1 amide bonds. The Hall–Kier alpha value is -4.57. The highest BCUT2D eigenvalue weighted by atomic mass is 16.1. The van der Waals surface area contributed by atoms with E-state index < -0.39 is 0 Å². The van der Waals surface area contributed by atoms with Gasteiger partial charge in [-0.1, -0.05) is 49.1 Å². The largest absolute Gasteiger partial charge is 0.356 e. The van der Waals surface area contributed by atoms with Crippen molar-refractivity contribution >= 4 is 35.2 Å². The zero-order valence-electron chi connectivity index (χ0n) is 21.1. The molecule has 0 heterocycles. The van der Waals surface area contributed by atoms with Gasteiger partial charge in [0.25, 0.3) is 5.91 Å². The highest BCUT2D eigenvalue weighted by molar-refractivity contribution is 6.04. The van der Waals surface area contributed by atoms with E-state index in [2.05, 4.69) is 48.2 Å². The van der Waals surface area contributed by atoms with Crippen molar-refractivity contribution in [3.05, 3.63) is 137 Å². The number of allylic oxidation sites excluding steroid dienone is 5. The predicted molar refractivity (Wildman–Crippen MR) is 155 cm³/mol. The first-order chi connectivity index (χ1) is 17.4. The van der Waals surface area contributed by atoms with Gasteiger partial charge in [0.05, 0.1) is 0 Å². The van der Waals surface area contributed by atoms with Gasteiger partial charge in [-0.05, 0) is 98.8 Å². The Morgan fingerprint density at radius 1 is 0.778 bits per heavy atom. The van der Waals surface area contributed by atoms with Crippen molar-refractivity contribution < 1.29 is 4.79 Å². The summed E-state index contributed by atoms with van der Waals surface area (Å²) in [5, 5.41) is 11.7. The van der Waals surface area contributed by atoms with E-state index in [9.17, 15) is 4.79 Å². The lowest BCUT2D eigenvalue weighted by atomic mass is 10.1. The summed E-state index contributed by atoms with van der Waals surface area (Å²) in [6.45, 7) is 13.9. The first kappa shape index (κ1) is 26.0. The van der Waals surface area contributed by atoms with Gasteiger partial charge in [0.1, 0.15) is 0 Å². The summed E-state index contributed by atoms with van der Waals surface area (Å²) in [6.07, 6.45) is 11.6. The maximum absolute atomic E-state index is 12.8. The highest BCUT2D eigenvalue weighted by Gasteiger charge is 2.07. The number of carbonyl (C=O) groups is 1. The number of carbonyl (C=O) groups excluding carboxylic acids is 1. The molecule has 3 aromatic carbocycles. The Kier molecular flexibility index (Phi) is 9.24. The van der Waals surface area contributed by atoms with E-state index in [1.165, 1.54) is 5.56 Å². The lowest BCUT2D eigenvalue weighted by Crippen LogP contribution is -2.27. The van der Waals surface area contributed by atoms with E-state index in [0.29, 0.717) is 5.56 Å². The van der Waals surface area contributed by atoms with Crippen LogP contribution in [0.3, 0.4) is 0 Å². The quantitative estimate of drug-likeness (QED) is 0.309. The predicted octanol–water partition coefficient (Wildman–Crippen LogP) is 6.51. The summed E-state index contributed by atoms with van der Waals surface area (Å²) in [4.78, 5) is 12.8. The van der Waals surface area contributed by atoms with Gasteiger partial charge < -0.3 is 16.0 Å². The van der Waals surface area contributed by atoms with E-state index in [1.54, 1.807) is 6.08 Å². The molecule has 0 bridgehead atoms. The van der Waals surface area contributed by atoms with E-state index >= 15 is 0 Å². The Morgan fingerprint density at radius 3 is 1.97 bits per heavy atom. The summed E-state index contributed by atoms with van der Waals surface area (Å²) in [5.41, 5.74) is 6.16. The molecule has 4 nitrogen and oxygen atoms in total. The molecule has 4 heteroatoms. The van der Waals surface area contributed by atoms with Crippen molar-refractivity contribution in [3.63, 3.8) is 0 Å². The van der Waals surface area contributed by atoms with Crippen LogP contribution in [0.25, 0.3) is 12.3 Å². The summed E-state index contributed by atoms with van der Waals surface area (Å²) in [7, 11) is 0. The highest BCUT2D eigenvalue weighted by Crippen LogP contribution is 2.18. The van der Waals surface area contributed by atoms with Crippen molar-refractivity contribution in [2.45, 2.75) is 20.8 Å². The number of hydrogen-bond donors (Lipinski definition) is 3. The average molecular weight is 476 g/mol.